The molecule has 0 radical (unpaired) electrons. The van der Waals surface area contributed by atoms with Crippen molar-refractivity contribution in [1.29, 1.82) is 0 Å². The fourth-order valence-electron chi connectivity index (χ4n) is 4.01. The van der Waals surface area contributed by atoms with Gasteiger partial charge in [-0.05, 0) is 36.3 Å². The maximum absolute atomic E-state index is 10.4. The van der Waals surface area contributed by atoms with Crippen LogP contribution < -0.4 is 5.32 Å². The summed E-state index contributed by atoms with van der Waals surface area (Å²) < 4.78 is 10.4. The monoisotopic (exact) mass is 449 g/mol. The summed E-state index contributed by atoms with van der Waals surface area (Å²) in [6.07, 6.45) is 5.68. The lowest BCUT2D eigenvalue weighted by Gasteiger charge is -2.30. The first-order chi connectivity index (χ1) is 16.2. The Morgan fingerprint density at radius 1 is 1.24 bits per heavy atom. The summed E-state index contributed by atoms with van der Waals surface area (Å²) in [7, 11) is 1.63. The van der Waals surface area contributed by atoms with Gasteiger partial charge in [0.25, 0.3) is 0 Å². The van der Waals surface area contributed by atoms with Crippen LogP contribution in [-0.2, 0) is 9.47 Å². The molecule has 4 N–H and O–H groups in total. The van der Waals surface area contributed by atoms with E-state index < -0.39 is 6.23 Å². The van der Waals surface area contributed by atoms with Crippen LogP contribution in [0, 0.1) is 0 Å². The van der Waals surface area contributed by atoms with Gasteiger partial charge in [-0.25, -0.2) is 9.97 Å². The third-order valence-electron chi connectivity index (χ3n) is 5.84. The van der Waals surface area contributed by atoms with Crippen LogP contribution in [-0.4, -0.2) is 81.4 Å². The number of aromatic amines is 2. The number of rotatable bonds is 9. The third-order valence-corrected chi connectivity index (χ3v) is 5.84. The van der Waals surface area contributed by atoms with E-state index in [9.17, 15) is 5.11 Å². The molecule has 4 heterocycles. The number of hydrogen-bond acceptors (Lipinski definition) is 8. The van der Waals surface area contributed by atoms with Gasteiger partial charge in [0.1, 0.15) is 24.0 Å². The quantitative estimate of drug-likeness (QED) is 0.288. The maximum Gasteiger partial charge on any atom is 0.143 e. The molecule has 0 bridgehead atoms. The van der Waals surface area contributed by atoms with Crippen molar-refractivity contribution < 1.29 is 14.6 Å². The molecular weight excluding hydrogens is 422 g/mol. The first kappa shape index (κ1) is 21.5. The van der Waals surface area contributed by atoms with E-state index in [1.807, 2.05) is 23.1 Å². The number of ether oxygens (including phenoxy) is 2. The number of benzene rings is 1. The molecule has 1 aliphatic heterocycles. The van der Waals surface area contributed by atoms with Gasteiger partial charge in [0.05, 0.1) is 36.9 Å². The topological polar surface area (TPSA) is 124 Å². The van der Waals surface area contributed by atoms with Gasteiger partial charge in [0.15, 0.2) is 0 Å². The van der Waals surface area contributed by atoms with Gasteiger partial charge in [0.2, 0.25) is 0 Å². The van der Waals surface area contributed by atoms with Gasteiger partial charge in [-0.2, -0.15) is 5.10 Å². The summed E-state index contributed by atoms with van der Waals surface area (Å²) in [5.74, 6) is 0.743. The van der Waals surface area contributed by atoms with E-state index in [4.69, 9.17) is 9.47 Å². The average Bonchev–Trinajstić information content (AvgIpc) is 3.49. The number of fused-ring (bicyclic) bond motifs is 2. The molecule has 1 aromatic carbocycles. The van der Waals surface area contributed by atoms with Crippen molar-refractivity contribution in [3.8, 4) is 0 Å². The van der Waals surface area contributed by atoms with Crippen molar-refractivity contribution in [1.82, 2.24) is 30.0 Å². The molecule has 0 amide bonds. The maximum atomic E-state index is 10.4. The van der Waals surface area contributed by atoms with Crippen LogP contribution in [0.2, 0.25) is 0 Å². The van der Waals surface area contributed by atoms with Crippen molar-refractivity contribution in [2.75, 3.05) is 45.3 Å². The number of methoxy groups -OCH3 is 1. The number of aliphatic hydroxyl groups is 1. The second kappa shape index (κ2) is 9.67. The van der Waals surface area contributed by atoms with Gasteiger partial charge >= 0.3 is 0 Å². The summed E-state index contributed by atoms with van der Waals surface area (Å²) in [6, 6.07) is 8.09. The van der Waals surface area contributed by atoms with Gasteiger partial charge in [-0.1, -0.05) is 6.08 Å². The minimum Gasteiger partial charge on any atom is -0.382 e. The van der Waals surface area contributed by atoms with Gasteiger partial charge in [0, 0.05) is 37.0 Å². The van der Waals surface area contributed by atoms with Crippen LogP contribution in [0.1, 0.15) is 12.1 Å². The smallest absolute Gasteiger partial charge is 0.143 e. The SMILES string of the molecule is COCCOCC(O)N1CC=C(c2cc3c(Nc4ccc5[nH]ncc5c4)ncnc3[nH]2)CC1. The third kappa shape index (κ3) is 4.74. The Kier molecular flexibility index (Phi) is 6.31. The Morgan fingerprint density at radius 3 is 3.03 bits per heavy atom. The van der Waals surface area contributed by atoms with Crippen molar-refractivity contribution in [3.63, 3.8) is 0 Å². The van der Waals surface area contributed by atoms with E-state index in [1.165, 1.54) is 5.57 Å². The molecule has 3 aromatic heterocycles. The Hall–Kier alpha value is -3.31. The zero-order chi connectivity index (χ0) is 22.6. The van der Waals surface area contributed by atoms with Crippen molar-refractivity contribution >= 4 is 39.0 Å². The number of nitrogens with zero attached hydrogens (tertiary/aromatic N) is 4. The van der Waals surface area contributed by atoms with Crippen LogP contribution in [0.15, 0.2) is 42.9 Å². The van der Waals surface area contributed by atoms with Crippen LogP contribution >= 0.6 is 0 Å². The highest BCUT2D eigenvalue weighted by molar-refractivity contribution is 5.93. The molecule has 0 aliphatic carbocycles. The number of aliphatic hydroxyl groups excluding tert-OH is 1. The van der Waals surface area contributed by atoms with Crippen LogP contribution in [0.3, 0.4) is 0 Å². The molecule has 4 aromatic rings. The predicted molar refractivity (Wildman–Crippen MR) is 126 cm³/mol. The minimum absolute atomic E-state index is 0.272. The van der Waals surface area contributed by atoms with E-state index in [0.717, 1.165) is 52.1 Å². The van der Waals surface area contributed by atoms with Crippen LogP contribution in [0.4, 0.5) is 11.5 Å². The molecule has 0 saturated carbocycles. The molecule has 172 valence electrons. The number of aromatic nitrogens is 5. The molecule has 33 heavy (non-hydrogen) atoms. The zero-order valence-corrected chi connectivity index (χ0v) is 18.4. The Morgan fingerprint density at radius 2 is 2.18 bits per heavy atom. The number of anilines is 2. The molecule has 1 atom stereocenters. The Bertz CT molecular complexity index is 1270. The first-order valence-corrected chi connectivity index (χ1v) is 10.9. The second-order valence-electron chi connectivity index (χ2n) is 7.99. The molecule has 0 fully saturated rings. The molecule has 1 unspecified atom stereocenters. The summed E-state index contributed by atoms with van der Waals surface area (Å²) in [6.45, 7) is 2.67. The zero-order valence-electron chi connectivity index (χ0n) is 18.4. The van der Waals surface area contributed by atoms with Crippen molar-refractivity contribution in [3.05, 3.63) is 48.6 Å². The largest absolute Gasteiger partial charge is 0.382 e. The molecule has 5 rings (SSSR count). The molecule has 10 nitrogen and oxygen atoms in total. The lowest BCUT2D eigenvalue weighted by atomic mass is 10.0. The van der Waals surface area contributed by atoms with Crippen molar-refractivity contribution in [2.45, 2.75) is 12.6 Å². The van der Waals surface area contributed by atoms with E-state index >= 15 is 0 Å². The van der Waals surface area contributed by atoms with Crippen molar-refractivity contribution in [2.24, 2.45) is 0 Å². The predicted octanol–water partition coefficient (Wildman–Crippen LogP) is 2.65. The van der Waals surface area contributed by atoms with Gasteiger partial charge in [-0.3, -0.25) is 10.00 Å². The molecule has 1 aliphatic rings. The summed E-state index contributed by atoms with van der Waals surface area (Å²) in [5.41, 5.74) is 4.91. The minimum atomic E-state index is -0.628. The summed E-state index contributed by atoms with van der Waals surface area (Å²) in [4.78, 5) is 14.3. The normalized spacial score (nSPS) is 15.8. The number of nitrogens with one attached hydrogen (secondary N) is 3. The van der Waals surface area contributed by atoms with E-state index in [2.05, 4.69) is 42.6 Å². The highest BCUT2D eigenvalue weighted by Crippen LogP contribution is 2.30. The fraction of sp³-hybridized carbons (Fsp3) is 0.348. The van der Waals surface area contributed by atoms with E-state index in [1.54, 1.807) is 19.6 Å². The Labute approximate surface area is 190 Å². The summed E-state index contributed by atoms with van der Waals surface area (Å²) >= 11 is 0. The molecule has 10 heteroatoms. The molecular formula is C23H27N7O3. The van der Waals surface area contributed by atoms with E-state index in [0.29, 0.717) is 19.8 Å². The fourth-order valence-corrected chi connectivity index (χ4v) is 4.01. The van der Waals surface area contributed by atoms with Gasteiger partial charge < -0.3 is 24.9 Å². The number of H-pyrrole nitrogens is 2. The highest BCUT2D eigenvalue weighted by Gasteiger charge is 2.21. The lowest BCUT2D eigenvalue weighted by Crippen LogP contribution is -2.41. The molecule has 0 saturated heterocycles. The number of hydrogen-bond donors (Lipinski definition) is 4. The summed E-state index contributed by atoms with van der Waals surface area (Å²) in [5, 5.41) is 22.8. The standard InChI is InChI=1S/C23H27N7O3/c1-32-8-9-33-13-21(31)30-6-4-15(5-7-30)20-11-18-22(24-14-25-23(18)28-20)27-17-2-3-19-16(10-17)12-26-29-19/h2-4,10-12,14,21,31H,5-9,13H2,1H3,(H,26,29)(H2,24,25,27,28). The van der Waals surface area contributed by atoms with Crippen LogP contribution in [0.5, 0.6) is 0 Å². The van der Waals surface area contributed by atoms with E-state index in [-0.39, 0.29) is 6.61 Å². The van der Waals surface area contributed by atoms with Gasteiger partial charge in [-0.15, -0.1) is 0 Å². The lowest BCUT2D eigenvalue weighted by molar-refractivity contribution is -0.0611. The second-order valence-corrected chi connectivity index (χ2v) is 7.99. The van der Waals surface area contributed by atoms with Crippen LogP contribution in [0.25, 0.3) is 27.5 Å². The average molecular weight is 450 g/mol. The molecule has 0 spiro atoms. The first-order valence-electron chi connectivity index (χ1n) is 10.9. The Balaban J connectivity index is 1.29. The highest BCUT2D eigenvalue weighted by atomic mass is 16.5.